The van der Waals surface area contributed by atoms with Crippen molar-refractivity contribution in [3.8, 4) is 0 Å². The summed E-state index contributed by atoms with van der Waals surface area (Å²) in [5, 5.41) is 6.25. The summed E-state index contributed by atoms with van der Waals surface area (Å²) in [5.74, 6) is 0.632. The van der Waals surface area contributed by atoms with E-state index in [1.54, 1.807) is 12.3 Å². The lowest BCUT2D eigenvalue weighted by atomic mass is 10.1. The maximum Gasteiger partial charge on any atom is 0.252 e. The molecule has 3 rings (SSSR count). The molecule has 1 fully saturated rings. The van der Waals surface area contributed by atoms with Gasteiger partial charge in [0.05, 0.1) is 18.8 Å². The van der Waals surface area contributed by atoms with Crippen molar-refractivity contribution in [1.29, 1.82) is 0 Å². The van der Waals surface area contributed by atoms with Gasteiger partial charge in [0.15, 0.2) is 0 Å². The van der Waals surface area contributed by atoms with Crippen LogP contribution in [-0.4, -0.2) is 55.2 Å². The normalized spacial score (nSPS) is 14.8. The van der Waals surface area contributed by atoms with Crippen molar-refractivity contribution in [2.75, 3.05) is 44.7 Å². The third-order valence-electron chi connectivity index (χ3n) is 4.71. The van der Waals surface area contributed by atoms with Gasteiger partial charge >= 0.3 is 0 Å². The van der Waals surface area contributed by atoms with E-state index < -0.39 is 0 Å². The molecule has 0 aliphatic carbocycles. The lowest BCUT2D eigenvalue weighted by molar-refractivity contribution is 0.0383. The summed E-state index contributed by atoms with van der Waals surface area (Å²) in [6, 6.07) is 9.75. The largest absolute Gasteiger partial charge is 0.379 e. The van der Waals surface area contributed by atoms with Crippen molar-refractivity contribution in [3.05, 3.63) is 53.2 Å². The molecule has 138 valence electrons. The number of nitrogens with one attached hydrogen (secondary N) is 2. The number of nitrogens with zero attached hydrogens (tertiary/aromatic N) is 2. The van der Waals surface area contributed by atoms with Crippen LogP contribution in [0.2, 0.25) is 0 Å². The van der Waals surface area contributed by atoms with Gasteiger partial charge in [0, 0.05) is 38.1 Å². The Bertz CT molecular complexity index is 740. The highest BCUT2D eigenvalue weighted by Crippen LogP contribution is 2.21. The predicted molar refractivity (Wildman–Crippen MR) is 103 cm³/mol. The zero-order valence-electron chi connectivity index (χ0n) is 15.4. The van der Waals surface area contributed by atoms with Gasteiger partial charge < -0.3 is 15.4 Å². The molecule has 1 aromatic carbocycles. The van der Waals surface area contributed by atoms with Crippen LogP contribution in [0.4, 0.5) is 11.5 Å². The number of pyridine rings is 1. The molecule has 0 unspecified atom stereocenters. The second-order valence-corrected chi connectivity index (χ2v) is 6.51. The van der Waals surface area contributed by atoms with E-state index in [1.807, 2.05) is 18.2 Å². The van der Waals surface area contributed by atoms with Gasteiger partial charge in [-0.05, 0) is 43.2 Å². The summed E-state index contributed by atoms with van der Waals surface area (Å²) in [7, 11) is 0. The van der Waals surface area contributed by atoms with Crippen molar-refractivity contribution in [2.24, 2.45) is 0 Å². The molecule has 0 spiro atoms. The van der Waals surface area contributed by atoms with Crippen LogP contribution >= 0.6 is 0 Å². The van der Waals surface area contributed by atoms with Crippen molar-refractivity contribution >= 4 is 17.4 Å². The average Bonchev–Trinajstić information content (AvgIpc) is 2.67. The fourth-order valence-corrected chi connectivity index (χ4v) is 2.88. The molecule has 6 nitrogen and oxygen atoms in total. The van der Waals surface area contributed by atoms with Crippen LogP contribution < -0.4 is 10.6 Å². The summed E-state index contributed by atoms with van der Waals surface area (Å²) >= 11 is 0. The summed E-state index contributed by atoms with van der Waals surface area (Å²) in [6.07, 6.45) is 1.61. The third-order valence-corrected chi connectivity index (χ3v) is 4.71. The minimum Gasteiger partial charge on any atom is -0.379 e. The summed E-state index contributed by atoms with van der Waals surface area (Å²) in [4.78, 5) is 18.9. The lowest BCUT2D eigenvalue weighted by Gasteiger charge is -2.26. The van der Waals surface area contributed by atoms with Gasteiger partial charge in [0.25, 0.3) is 5.91 Å². The molecule has 1 aliphatic rings. The number of carbonyl (C=O) groups is 1. The predicted octanol–water partition coefficient (Wildman–Crippen LogP) is 2.50. The molecule has 2 N–H and O–H groups in total. The Hall–Kier alpha value is -2.44. The van der Waals surface area contributed by atoms with Crippen LogP contribution in [0.5, 0.6) is 0 Å². The van der Waals surface area contributed by atoms with Gasteiger partial charge in [0.1, 0.15) is 5.82 Å². The maximum atomic E-state index is 12.2. The molecule has 1 aromatic heterocycles. The first-order valence-electron chi connectivity index (χ1n) is 9.01. The molecule has 1 aliphatic heterocycles. The number of hydrogen-bond donors (Lipinski definition) is 2. The highest BCUT2D eigenvalue weighted by atomic mass is 16.5. The number of rotatable bonds is 6. The van der Waals surface area contributed by atoms with Crippen LogP contribution in [0.1, 0.15) is 21.5 Å². The first-order valence-corrected chi connectivity index (χ1v) is 9.01. The van der Waals surface area contributed by atoms with E-state index in [0.29, 0.717) is 12.1 Å². The van der Waals surface area contributed by atoms with Crippen LogP contribution in [-0.2, 0) is 4.74 Å². The average molecular weight is 354 g/mol. The molecular formula is C20H26N4O2. The number of ether oxygens (including phenoxy) is 1. The summed E-state index contributed by atoms with van der Waals surface area (Å²) in [5.41, 5.74) is 4.02. The Kier molecular flexibility index (Phi) is 6.20. The Morgan fingerprint density at radius 1 is 1.19 bits per heavy atom. The summed E-state index contributed by atoms with van der Waals surface area (Å²) in [6.45, 7) is 9.02. The van der Waals surface area contributed by atoms with Crippen molar-refractivity contribution < 1.29 is 9.53 Å². The zero-order valence-corrected chi connectivity index (χ0v) is 15.4. The number of amides is 1. The van der Waals surface area contributed by atoms with Crippen molar-refractivity contribution in [3.63, 3.8) is 0 Å². The molecule has 1 amide bonds. The molecule has 1 saturated heterocycles. The first kappa shape index (κ1) is 18.4. The van der Waals surface area contributed by atoms with E-state index in [1.165, 1.54) is 11.1 Å². The van der Waals surface area contributed by atoms with Crippen molar-refractivity contribution in [1.82, 2.24) is 15.2 Å². The molecule has 2 heterocycles. The number of carbonyl (C=O) groups excluding carboxylic acids is 1. The quantitative estimate of drug-likeness (QED) is 0.834. The smallest absolute Gasteiger partial charge is 0.252 e. The van der Waals surface area contributed by atoms with Gasteiger partial charge in [0.2, 0.25) is 0 Å². The molecule has 0 bridgehead atoms. The third kappa shape index (κ3) is 4.80. The van der Waals surface area contributed by atoms with E-state index in [4.69, 9.17) is 4.74 Å². The molecule has 26 heavy (non-hydrogen) atoms. The Labute approximate surface area is 154 Å². The molecule has 0 atom stereocenters. The van der Waals surface area contributed by atoms with E-state index in [-0.39, 0.29) is 5.91 Å². The minimum absolute atomic E-state index is 0.0935. The maximum absolute atomic E-state index is 12.2. The van der Waals surface area contributed by atoms with E-state index in [0.717, 1.165) is 44.4 Å². The fraction of sp³-hybridized carbons (Fsp3) is 0.400. The topological polar surface area (TPSA) is 66.5 Å². The van der Waals surface area contributed by atoms with Gasteiger partial charge in [-0.1, -0.05) is 12.1 Å². The zero-order chi connectivity index (χ0) is 18.4. The number of anilines is 2. The molecule has 2 aromatic rings. The monoisotopic (exact) mass is 354 g/mol. The number of morpholine rings is 1. The van der Waals surface area contributed by atoms with Crippen LogP contribution in [0, 0.1) is 13.8 Å². The van der Waals surface area contributed by atoms with Crippen LogP contribution in [0.25, 0.3) is 0 Å². The Morgan fingerprint density at radius 3 is 2.73 bits per heavy atom. The second kappa shape index (κ2) is 8.78. The fourth-order valence-electron chi connectivity index (χ4n) is 2.88. The van der Waals surface area contributed by atoms with Crippen LogP contribution in [0.15, 0.2) is 36.5 Å². The highest BCUT2D eigenvalue weighted by molar-refractivity contribution is 5.94. The molecule has 0 saturated carbocycles. The SMILES string of the molecule is Cc1cccc(Nc2ccc(C(=O)NCCN3CCOCC3)cn2)c1C. The van der Waals surface area contributed by atoms with Gasteiger partial charge in [-0.25, -0.2) is 4.98 Å². The highest BCUT2D eigenvalue weighted by Gasteiger charge is 2.11. The Morgan fingerprint density at radius 2 is 2.00 bits per heavy atom. The van der Waals surface area contributed by atoms with E-state index in [2.05, 4.69) is 40.4 Å². The van der Waals surface area contributed by atoms with Gasteiger partial charge in [-0.2, -0.15) is 0 Å². The molecule has 6 heteroatoms. The Balaban J connectivity index is 1.51. The van der Waals surface area contributed by atoms with Gasteiger partial charge in [-0.15, -0.1) is 0 Å². The van der Waals surface area contributed by atoms with Crippen molar-refractivity contribution in [2.45, 2.75) is 13.8 Å². The standard InChI is InChI=1S/C20H26N4O2/c1-15-4-3-5-18(16(15)2)23-19-7-6-17(14-22-19)20(25)21-8-9-24-10-12-26-13-11-24/h3-7,14H,8-13H2,1-2H3,(H,21,25)(H,22,23). The number of aryl methyl sites for hydroxylation is 1. The lowest BCUT2D eigenvalue weighted by Crippen LogP contribution is -2.41. The van der Waals surface area contributed by atoms with E-state index >= 15 is 0 Å². The molecule has 0 radical (unpaired) electrons. The second-order valence-electron chi connectivity index (χ2n) is 6.51. The number of benzene rings is 1. The summed E-state index contributed by atoms with van der Waals surface area (Å²) < 4.78 is 5.32. The number of hydrogen-bond acceptors (Lipinski definition) is 5. The van der Waals surface area contributed by atoms with Gasteiger partial charge in [-0.3, -0.25) is 9.69 Å². The van der Waals surface area contributed by atoms with Crippen LogP contribution in [0.3, 0.4) is 0 Å². The first-order chi connectivity index (χ1) is 12.6. The van der Waals surface area contributed by atoms with E-state index in [9.17, 15) is 4.79 Å². The molecular weight excluding hydrogens is 328 g/mol. The number of aromatic nitrogens is 1. The minimum atomic E-state index is -0.0935.